The number of halogens is 1. The third-order valence-corrected chi connectivity index (χ3v) is 19.8. The third-order valence-electron chi connectivity index (χ3n) is 18.0. The van der Waals surface area contributed by atoms with Gasteiger partial charge in [-0.3, -0.25) is 28.2 Å². The van der Waals surface area contributed by atoms with Crippen LogP contribution in [0.1, 0.15) is 38.3 Å². The van der Waals surface area contributed by atoms with Crippen LogP contribution in [-0.4, -0.2) is 407 Å². The summed E-state index contributed by atoms with van der Waals surface area (Å²) in [5.74, 6) is -1.00. The number of phosphoric acid groups is 1. The second kappa shape index (κ2) is 37.8. The fraction of sp³-hybridized carbons (Fsp3) is 0.909. The molecule has 1 amide bonds. The van der Waals surface area contributed by atoms with Gasteiger partial charge in [0.25, 0.3) is 5.56 Å². The predicted molar refractivity (Wildman–Crippen MR) is 327 cm³/mol. The molecule has 0 bridgehead atoms. The number of aromatic nitrogens is 2. The number of nitrogens with zero attached hydrogens (tertiary/aromatic N) is 1. The number of phosphoric ester groups is 1. The Morgan fingerprint density at radius 3 is 1.23 bits per heavy atom. The first-order valence-corrected chi connectivity index (χ1v) is 34.7. The van der Waals surface area contributed by atoms with Crippen molar-refractivity contribution in [2.45, 2.75) is 240 Å². The number of rotatable bonds is 33. The number of hydrogen-bond donors (Lipinski definition) is 25. The molecule has 0 aliphatic carbocycles. The summed E-state index contributed by atoms with van der Waals surface area (Å²) in [6.45, 7) is -10.7. The van der Waals surface area contributed by atoms with Gasteiger partial charge in [-0.1, -0.05) is 6.42 Å². The molecule has 7 fully saturated rings. The van der Waals surface area contributed by atoms with E-state index in [9.17, 15) is 136 Å². The molecule has 45 nitrogen and oxygen atoms in total. The number of nitrogens with one attached hydrogen (secondary N) is 2. The van der Waals surface area contributed by atoms with Crippen molar-refractivity contribution >= 4 is 36.3 Å². The molecule has 34 atom stereocenters. The number of amides is 1. The molecule has 7 saturated heterocycles. The van der Waals surface area contributed by atoms with Crippen LogP contribution in [0.15, 0.2) is 15.8 Å². The zero-order chi connectivity index (χ0) is 75.0. The second-order valence-corrected chi connectivity index (χ2v) is 27.9. The summed E-state index contributed by atoms with van der Waals surface area (Å²) in [7, 11) is -4.90. The molecule has 7 aliphatic heterocycles. The lowest BCUT2D eigenvalue weighted by Crippen LogP contribution is -2.67. The number of unbranched alkanes of at least 4 members (excludes halogenated alkanes) is 2. The number of carbonyl (C=O) groups excluding carboxylic acids is 1. The monoisotopic (exact) mass is 1620 g/mol. The highest BCUT2D eigenvalue weighted by atomic mass is 127. The molecule has 8 rings (SSSR count). The number of aromatic amines is 1. The van der Waals surface area contributed by atoms with E-state index in [0.29, 0.717) is 0 Å². The van der Waals surface area contributed by atoms with Crippen molar-refractivity contribution < 1.29 is 197 Å². The summed E-state index contributed by atoms with van der Waals surface area (Å²) >= 11 is 1.68. The first-order valence-electron chi connectivity index (χ1n) is 32.1. The minimum absolute atomic E-state index is 0.0154. The van der Waals surface area contributed by atoms with E-state index in [-0.39, 0.29) is 29.3 Å². The maximum atomic E-state index is 14.5. The van der Waals surface area contributed by atoms with Gasteiger partial charge in [0.05, 0.1) is 82.3 Å². The fourth-order valence-electron chi connectivity index (χ4n) is 12.1. The predicted octanol–water partition coefficient (Wildman–Crippen LogP) is -14.7. The minimum Gasteiger partial charge on any atom is -0.394 e. The molecular formula is C55H91IN3O42P. The first-order chi connectivity index (χ1) is 48.3. The molecule has 47 heteroatoms. The summed E-state index contributed by atoms with van der Waals surface area (Å²) in [6, 6.07) is 0. The molecule has 102 heavy (non-hydrogen) atoms. The highest BCUT2D eigenvalue weighted by Gasteiger charge is 2.56. The van der Waals surface area contributed by atoms with E-state index in [1.807, 2.05) is 0 Å². The maximum Gasteiger partial charge on any atom is 0.472 e. The summed E-state index contributed by atoms with van der Waals surface area (Å²) in [5.41, 5.74) is -3.99. The molecule has 7 aliphatic rings. The number of aliphatic hydroxyl groups excluding tert-OH is 22. The zero-order valence-corrected chi connectivity index (χ0v) is 56.8. The highest BCUT2D eigenvalue weighted by molar-refractivity contribution is 14.1. The van der Waals surface area contributed by atoms with Crippen molar-refractivity contribution in [3.05, 3.63) is 30.6 Å². The molecule has 0 radical (unpaired) electrons. The van der Waals surface area contributed by atoms with Crippen LogP contribution in [-0.2, 0) is 80.0 Å². The van der Waals surface area contributed by atoms with Crippen molar-refractivity contribution in [3.63, 3.8) is 0 Å². The molecule has 1 aromatic rings. The van der Waals surface area contributed by atoms with Crippen LogP contribution in [0.2, 0.25) is 0 Å². The molecule has 590 valence electrons. The third kappa shape index (κ3) is 20.1. The molecule has 8 heterocycles. The normalized spacial score (nSPS) is 42.8. The van der Waals surface area contributed by atoms with Gasteiger partial charge in [0.15, 0.2) is 37.7 Å². The molecule has 1 unspecified atom stereocenters. The van der Waals surface area contributed by atoms with Crippen LogP contribution in [0.5, 0.6) is 0 Å². The van der Waals surface area contributed by atoms with Crippen LogP contribution in [0.3, 0.4) is 0 Å². The van der Waals surface area contributed by atoms with Gasteiger partial charge in [-0.25, -0.2) is 9.36 Å². The summed E-state index contributed by atoms with van der Waals surface area (Å²) in [4.78, 5) is 51.3. The van der Waals surface area contributed by atoms with E-state index in [2.05, 4.69) is 10.3 Å². The average molecular weight is 1620 g/mol. The quantitative estimate of drug-likeness (QED) is 0.0176. The second-order valence-electron chi connectivity index (χ2n) is 25.3. The fourth-order valence-corrected chi connectivity index (χ4v) is 13.3. The van der Waals surface area contributed by atoms with E-state index in [0.717, 1.165) is 4.57 Å². The average Bonchev–Trinajstić information content (AvgIpc) is 1.03. The molecule has 0 spiro atoms. The van der Waals surface area contributed by atoms with Crippen LogP contribution in [0.25, 0.3) is 0 Å². The lowest BCUT2D eigenvalue weighted by Gasteiger charge is -2.47. The van der Waals surface area contributed by atoms with Gasteiger partial charge in [0.2, 0.25) is 5.91 Å². The van der Waals surface area contributed by atoms with Crippen LogP contribution in [0.4, 0.5) is 0 Å². The Morgan fingerprint density at radius 2 is 0.853 bits per heavy atom. The van der Waals surface area contributed by atoms with E-state index in [4.69, 9.17) is 70.6 Å². The maximum absolute atomic E-state index is 14.5. The van der Waals surface area contributed by atoms with Crippen LogP contribution < -0.4 is 16.6 Å². The number of H-pyrrole nitrogens is 1. The van der Waals surface area contributed by atoms with E-state index in [1.54, 1.807) is 22.6 Å². The van der Waals surface area contributed by atoms with Crippen molar-refractivity contribution in [1.29, 1.82) is 0 Å². The van der Waals surface area contributed by atoms with E-state index >= 15 is 0 Å². The van der Waals surface area contributed by atoms with Crippen molar-refractivity contribution in [1.82, 2.24) is 14.9 Å². The first kappa shape index (κ1) is 85.2. The lowest BCUT2D eigenvalue weighted by atomic mass is 9.96. The number of ether oxygens (including phenoxy) is 13. The molecule has 0 aromatic carbocycles. The highest BCUT2D eigenvalue weighted by Crippen LogP contribution is 2.45. The Kier molecular flexibility index (Phi) is 31.6. The number of carbonyl (C=O) groups is 1. The summed E-state index contributed by atoms with van der Waals surface area (Å²) in [6.07, 6.45) is -62.9. The van der Waals surface area contributed by atoms with Gasteiger partial charge >= 0.3 is 13.5 Å². The Balaban J connectivity index is 1.02. The lowest BCUT2D eigenvalue weighted by molar-refractivity contribution is -0.367. The SMILES string of the molecule is O=C(CCCCCOP(=O)(O)OC[C@H]1O[C@@H](n2cc(I)c(=O)[nH]c2=O)C[C@@H]1O)NC(CO[C@@H]1O[C@H](CO)[C@@H](O[C@@H]2O[C@H](CO)[C@H](O)[C@H](O)[C@H]2O)[C@H](O)[C@H]1O)(CO[C@@H]1O[C@H](CO)[C@@H](O[C@@H]2O[C@H](CO)[C@H](O)[C@H](O)[C@H]2O)[C@H](O)[C@H]1O)CO[C@@H]1O[C@H](CO)[C@@H](O[C@@H]2O[C@H](CO)[C@H](O)[C@H](O)[C@H]2O)[C@H](O)[C@H]1O. The van der Waals surface area contributed by atoms with Gasteiger partial charge in [-0.2, -0.15) is 0 Å². The summed E-state index contributed by atoms with van der Waals surface area (Å²) < 4.78 is 98.5. The van der Waals surface area contributed by atoms with Crippen molar-refractivity contribution in [2.24, 2.45) is 0 Å². The topological polar surface area (TPSA) is 705 Å². The van der Waals surface area contributed by atoms with E-state index < -0.39 is 312 Å². The zero-order valence-electron chi connectivity index (χ0n) is 53.8. The number of hydrogen-bond acceptors (Lipinski definition) is 41. The largest absolute Gasteiger partial charge is 0.472 e. The minimum atomic E-state index is -4.90. The number of aliphatic hydroxyl groups is 22. The standard InChI is InChI=1S/C55H91IN3O42P/c56-18-7-59(54(84)57-47(18)83)28-6-19(66)26(92-28)14-91-102(85,86)90-5-3-1-2-4-27(67)58-55(15-87-48-41(80)35(74)44(23(11-63)96-48)99-51-38(77)32(71)29(68)20(8-60)93-51,16-88-49-42(81)36(75)45(24(12-64)97-49)100-52-39(78)33(72)30(69)21(9-61)94-52)17-89-50-43(82)37(76)46(25(13-65)98-50)101-53-40(79)34(73)31(70)22(10-62)95-53/h7,19-26,28-46,48-53,60-66,68-82H,1-6,8-17H2,(H,58,67)(H,85,86)(H,57,83,84)/t19-,20+,21+,22+,23+,24+,25+,26+,28+,29-,30-,31-,32-,33-,34-,35+,36+,37+,38+,39+,40+,41+,42+,43+,44+,45+,46+,48+,49+,50+,51-,52-,53-/m0/s1. The van der Waals surface area contributed by atoms with Gasteiger partial charge < -0.3 is 184 Å². The Labute approximate surface area is 589 Å². The molecular weight excluding hydrogens is 1530 g/mol. The Morgan fingerprint density at radius 1 is 0.490 bits per heavy atom. The van der Waals surface area contributed by atoms with Crippen molar-refractivity contribution in [3.8, 4) is 0 Å². The van der Waals surface area contributed by atoms with Gasteiger partial charge in [-0.05, 0) is 35.4 Å². The molecule has 1 aromatic heterocycles. The van der Waals surface area contributed by atoms with Crippen molar-refractivity contribution in [2.75, 3.05) is 72.7 Å². The van der Waals surface area contributed by atoms with Crippen LogP contribution >= 0.6 is 30.4 Å². The summed E-state index contributed by atoms with van der Waals surface area (Å²) in [5, 5.41) is 238. The van der Waals surface area contributed by atoms with E-state index in [1.165, 1.54) is 6.20 Å². The molecule has 0 saturated carbocycles. The van der Waals surface area contributed by atoms with Gasteiger partial charge in [-0.15, -0.1) is 0 Å². The smallest absolute Gasteiger partial charge is 0.394 e. The van der Waals surface area contributed by atoms with Gasteiger partial charge in [0.1, 0.15) is 164 Å². The van der Waals surface area contributed by atoms with Crippen LogP contribution in [0, 0.1) is 3.57 Å². The molecule has 25 N–H and O–H groups in total. The van der Waals surface area contributed by atoms with Gasteiger partial charge in [0, 0.05) is 19.0 Å². The Hall–Kier alpha value is -2.41. The Bertz CT molecular complexity index is 2740.